The number of ether oxygens (including phenoxy) is 1. The first-order valence-corrected chi connectivity index (χ1v) is 7.48. The molecule has 0 aromatic carbocycles. The zero-order chi connectivity index (χ0) is 12.8. The van der Waals surface area contributed by atoms with Crippen LogP contribution in [0.2, 0.25) is 0 Å². The van der Waals surface area contributed by atoms with Gasteiger partial charge in [0, 0.05) is 32.7 Å². The summed E-state index contributed by atoms with van der Waals surface area (Å²) in [5, 5.41) is 10.2. The Morgan fingerprint density at radius 1 is 1.17 bits per heavy atom. The molecule has 0 aromatic heterocycles. The highest BCUT2D eigenvalue weighted by Gasteiger charge is 2.22. The number of morpholine rings is 1. The summed E-state index contributed by atoms with van der Waals surface area (Å²) < 4.78 is 5.33. The summed E-state index contributed by atoms with van der Waals surface area (Å²) in [4.78, 5) is 4.76. The Bertz CT molecular complexity index is 232. The Morgan fingerprint density at radius 3 is 2.61 bits per heavy atom. The van der Waals surface area contributed by atoms with Gasteiger partial charge in [0.25, 0.3) is 0 Å². The monoisotopic (exact) mass is 256 g/mol. The third-order valence-electron chi connectivity index (χ3n) is 4.22. The van der Waals surface area contributed by atoms with Gasteiger partial charge in [-0.1, -0.05) is 13.3 Å². The molecule has 0 aliphatic carbocycles. The first-order chi connectivity index (χ1) is 8.78. The van der Waals surface area contributed by atoms with Crippen molar-refractivity contribution in [1.82, 2.24) is 9.80 Å². The molecular formula is C14H28N2O2. The van der Waals surface area contributed by atoms with Gasteiger partial charge < -0.3 is 14.7 Å². The van der Waals surface area contributed by atoms with E-state index in [2.05, 4.69) is 16.7 Å². The Balaban J connectivity index is 1.67. The molecule has 0 saturated carbocycles. The summed E-state index contributed by atoms with van der Waals surface area (Å²) in [6.07, 6.45) is 3.73. The predicted molar refractivity (Wildman–Crippen MR) is 72.7 cm³/mol. The molecule has 0 amide bonds. The fraction of sp³-hybridized carbons (Fsp3) is 1.00. The lowest BCUT2D eigenvalue weighted by Crippen LogP contribution is -2.46. The van der Waals surface area contributed by atoms with Gasteiger partial charge in [0.05, 0.1) is 19.3 Å². The van der Waals surface area contributed by atoms with E-state index in [9.17, 15) is 5.11 Å². The molecule has 2 saturated heterocycles. The zero-order valence-corrected chi connectivity index (χ0v) is 11.7. The lowest BCUT2D eigenvalue weighted by Gasteiger charge is -2.35. The molecule has 2 fully saturated rings. The molecule has 2 aliphatic heterocycles. The van der Waals surface area contributed by atoms with E-state index in [-0.39, 0.29) is 6.10 Å². The van der Waals surface area contributed by atoms with Gasteiger partial charge >= 0.3 is 0 Å². The molecule has 18 heavy (non-hydrogen) atoms. The van der Waals surface area contributed by atoms with Crippen molar-refractivity contribution in [3.05, 3.63) is 0 Å². The molecule has 2 unspecified atom stereocenters. The van der Waals surface area contributed by atoms with Crippen LogP contribution < -0.4 is 0 Å². The van der Waals surface area contributed by atoms with Gasteiger partial charge in [0.15, 0.2) is 0 Å². The van der Waals surface area contributed by atoms with Gasteiger partial charge in [-0.15, -0.1) is 0 Å². The standard InChI is InChI=1S/C14H28N2O2/c1-2-13-4-3-5-16(10-13)12-14(17)11-15-6-8-18-9-7-15/h13-14,17H,2-12H2,1H3. The number of nitrogens with zero attached hydrogens (tertiary/aromatic N) is 2. The summed E-state index contributed by atoms with van der Waals surface area (Å²) in [7, 11) is 0. The van der Waals surface area contributed by atoms with E-state index in [1.165, 1.54) is 25.8 Å². The second-order valence-corrected chi connectivity index (χ2v) is 5.74. The van der Waals surface area contributed by atoms with Crippen LogP contribution in [0, 0.1) is 5.92 Å². The molecule has 2 atom stereocenters. The largest absolute Gasteiger partial charge is 0.390 e. The first kappa shape index (κ1) is 14.3. The summed E-state index contributed by atoms with van der Waals surface area (Å²) >= 11 is 0. The van der Waals surface area contributed by atoms with Crippen LogP contribution in [0.5, 0.6) is 0 Å². The minimum atomic E-state index is -0.210. The zero-order valence-electron chi connectivity index (χ0n) is 11.7. The van der Waals surface area contributed by atoms with E-state index in [4.69, 9.17) is 4.74 Å². The first-order valence-electron chi connectivity index (χ1n) is 7.48. The lowest BCUT2D eigenvalue weighted by atomic mass is 9.95. The van der Waals surface area contributed by atoms with Crippen molar-refractivity contribution >= 4 is 0 Å². The predicted octanol–water partition coefficient (Wildman–Crippen LogP) is 0.802. The number of hydrogen-bond donors (Lipinski definition) is 1. The molecule has 0 aromatic rings. The van der Waals surface area contributed by atoms with Crippen LogP contribution in [-0.4, -0.2) is 73.5 Å². The van der Waals surface area contributed by atoms with E-state index in [1.807, 2.05) is 0 Å². The van der Waals surface area contributed by atoms with Crippen molar-refractivity contribution in [3.8, 4) is 0 Å². The fourth-order valence-electron chi connectivity index (χ4n) is 3.09. The van der Waals surface area contributed by atoms with E-state index in [0.717, 1.165) is 51.9 Å². The highest BCUT2D eigenvalue weighted by atomic mass is 16.5. The maximum Gasteiger partial charge on any atom is 0.0793 e. The molecule has 0 spiro atoms. The maximum absolute atomic E-state index is 10.2. The molecule has 0 radical (unpaired) electrons. The third kappa shape index (κ3) is 4.50. The molecule has 2 aliphatic rings. The molecular weight excluding hydrogens is 228 g/mol. The van der Waals surface area contributed by atoms with Gasteiger partial charge in [-0.25, -0.2) is 0 Å². The van der Waals surface area contributed by atoms with Crippen LogP contribution >= 0.6 is 0 Å². The summed E-state index contributed by atoms with van der Waals surface area (Å²) in [6, 6.07) is 0. The highest BCUT2D eigenvalue weighted by Crippen LogP contribution is 2.19. The van der Waals surface area contributed by atoms with Crippen molar-refractivity contribution in [2.24, 2.45) is 5.92 Å². The molecule has 4 nitrogen and oxygen atoms in total. The van der Waals surface area contributed by atoms with Crippen LogP contribution in [0.25, 0.3) is 0 Å². The van der Waals surface area contributed by atoms with Gasteiger partial charge in [-0.05, 0) is 25.3 Å². The van der Waals surface area contributed by atoms with Crippen molar-refractivity contribution < 1.29 is 9.84 Å². The van der Waals surface area contributed by atoms with Crippen LogP contribution in [0.4, 0.5) is 0 Å². The van der Waals surface area contributed by atoms with Crippen molar-refractivity contribution in [2.75, 3.05) is 52.5 Å². The van der Waals surface area contributed by atoms with Crippen molar-refractivity contribution in [1.29, 1.82) is 0 Å². The summed E-state index contributed by atoms with van der Waals surface area (Å²) in [6.45, 7) is 9.82. The Labute approximate surface area is 111 Å². The second kappa shape index (κ2) is 7.43. The van der Waals surface area contributed by atoms with Gasteiger partial charge in [0.1, 0.15) is 0 Å². The van der Waals surface area contributed by atoms with Crippen molar-refractivity contribution in [3.63, 3.8) is 0 Å². The number of hydrogen-bond acceptors (Lipinski definition) is 4. The van der Waals surface area contributed by atoms with E-state index >= 15 is 0 Å². The molecule has 2 heterocycles. The number of β-amino-alcohol motifs (C(OH)–C–C–N with tert-alkyl or cyclic N) is 1. The van der Waals surface area contributed by atoms with Crippen LogP contribution in [0.15, 0.2) is 0 Å². The number of aliphatic hydroxyl groups excluding tert-OH is 1. The normalized spacial score (nSPS) is 29.3. The summed E-state index contributed by atoms with van der Waals surface area (Å²) in [5.74, 6) is 0.842. The number of likely N-dealkylation sites (tertiary alicyclic amines) is 1. The van der Waals surface area contributed by atoms with Crippen molar-refractivity contribution in [2.45, 2.75) is 32.3 Å². The third-order valence-corrected chi connectivity index (χ3v) is 4.22. The quantitative estimate of drug-likeness (QED) is 0.789. The summed E-state index contributed by atoms with van der Waals surface area (Å²) in [5.41, 5.74) is 0. The Hall–Kier alpha value is -0.160. The number of aliphatic hydroxyl groups is 1. The Morgan fingerprint density at radius 2 is 1.89 bits per heavy atom. The topological polar surface area (TPSA) is 35.9 Å². The molecule has 0 bridgehead atoms. The average Bonchev–Trinajstić information content (AvgIpc) is 2.40. The van der Waals surface area contributed by atoms with Gasteiger partial charge in [0.2, 0.25) is 0 Å². The smallest absolute Gasteiger partial charge is 0.0793 e. The van der Waals surface area contributed by atoms with Gasteiger partial charge in [-0.3, -0.25) is 4.90 Å². The molecule has 4 heteroatoms. The number of piperidine rings is 1. The highest BCUT2D eigenvalue weighted by molar-refractivity contribution is 4.76. The molecule has 106 valence electrons. The average molecular weight is 256 g/mol. The molecule has 2 rings (SSSR count). The lowest BCUT2D eigenvalue weighted by molar-refractivity contribution is 0.00333. The number of rotatable bonds is 5. The van der Waals surface area contributed by atoms with E-state index in [0.29, 0.717) is 0 Å². The van der Waals surface area contributed by atoms with E-state index in [1.54, 1.807) is 0 Å². The molecule has 1 N–H and O–H groups in total. The minimum Gasteiger partial charge on any atom is -0.390 e. The second-order valence-electron chi connectivity index (χ2n) is 5.74. The minimum absolute atomic E-state index is 0.210. The van der Waals surface area contributed by atoms with Crippen LogP contribution in [0.1, 0.15) is 26.2 Å². The Kier molecular flexibility index (Phi) is 5.89. The SMILES string of the molecule is CCC1CCCN(CC(O)CN2CCOCC2)C1. The maximum atomic E-state index is 10.2. The van der Waals surface area contributed by atoms with E-state index < -0.39 is 0 Å². The van der Waals surface area contributed by atoms with Crippen LogP contribution in [-0.2, 0) is 4.74 Å². The van der Waals surface area contributed by atoms with Crippen LogP contribution in [0.3, 0.4) is 0 Å². The fourth-order valence-corrected chi connectivity index (χ4v) is 3.09. The van der Waals surface area contributed by atoms with Gasteiger partial charge in [-0.2, -0.15) is 0 Å².